The highest BCUT2D eigenvalue weighted by atomic mass is 16.6. The number of methoxy groups -OCH3 is 2. The molecule has 0 aliphatic heterocycles. The van der Waals surface area contributed by atoms with Gasteiger partial charge in [-0.3, -0.25) is 0 Å². The number of rotatable bonds is 8. The third kappa shape index (κ3) is 6.29. The second-order valence-corrected chi connectivity index (χ2v) is 5.35. The van der Waals surface area contributed by atoms with Gasteiger partial charge in [-0.2, -0.15) is 0 Å². The van der Waals surface area contributed by atoms with Gasteiger partial charge in [0.15, 0.2) is 5.75 Å². The van der Waals surface area contributed by atoms with Crippen molar-refractivity contribution in [3.8, 4) is 5.75 Å². The van der Waals surface area contributed by atoms with Crippen LogP contribution in [0.3, 0.4) is 0 Å². The highest BCUT2D eigenvalue weighted by molar-refractivity contribution is 6.40. The van der Waals surface area contributed by atoms with E-state index in [1.807, 2.05) is 13.8 Å². The molecule has 7 heteroatoms. The maximum absolute atomic E-state index is 12.0. The Balaban J connectivity index is 3.08. The zero-order chi connectivity index (χ0) is 18.8. The molecule has 0 atom stereocenters. The van der Waals surface area contributed by atoms with Gasteiger partial charge in [0.2, 0.25) is 0 Å². The molecule has 1 aromatic carbocycles. The van der Waals surface area contributed by atoms with E-state index in [-0.39, 0.29) is 11.7 Å². The van der Waals surface area contributed by atoms with E-state index in [9.17, 15) is 4.79 Å². The predicted molar refractivity (Wildman–Crippen MR) is 96.5 cm³/mol. The predicted octanol–water partition coefficient (Wildman–Crippen LogP) is 3.40. The fourth-order valence-electron chi connectivity index (χ4n) is 1.65. The lowest BCUT2D eigenvalue weighted by atomic mass is 10.1. The number of esters is 1. The van der Waals surface area contributed by atoms with Gasteiger partial charge in [-0.15, -0.1) is 0 Å². The van der Waals surface area contributed by atoms with Gasteiger partial charge in [0.25, 0.3) is 0 Å². The van der Waals surface area contributed by atoms with Crippen LogP contribution in [0.4, 0.5) is 0 Å². The van der Waals surface area contributed by atoms with Gasteiger partial charge < -0.3 is 19.1 Å². The minimum Gasteiger partial charge on any atom is -0.503 e. The molecule has 0 bridgehead atoms. The first-order valence-electron chi connectivity index (χ1n) is 7.73. The van der Waals surface area contributed by atoms with Gasteiger partial charge in [-0.1, -0.05) is 28.5 Å². The third-order valence-corrected chi connectivity index (χ3v) is 3.02. The summed E-state index contributed by atoms with van der Waals surface area (Å²) in [5, 5.41) is 8.01. The van der Waals surface area contributed by atoms with Crippen LogP contribution in [-0.4, -0.2) is 37.7 Å². The monoisotopic (exact) mass is 348 g/mol. The number of carbonyl (C=O) groups is 1. The molecule has 136 valence electrons. The lowest BCUT2D eigenvalue weighted by Crippen LogP contribution is -2.10. The van der Waals surface area contributed by atoms with Crippen molar-refractivity contribution < 1.29 is 23.9 Å². The highest BCUT2D eigenvalue weighted by Crippen LogP contribution is 2.27. The number of ether oxygens (including phenoxy) is 2. The second kappa shape index (κ2) is 10.1. The molecular weight excluding hydrogens is 324 g/mol. The number of carbonyl (C=O) groups excluding carboxylic acids is 1. The van der Waals surface area contributed by atoms with Crippen molar-refractivity contribution in [1.29, 1.82) is 0 Å². The first-order chi connectivity index (χ1) is 11.9. The molecule has 0 radical (unpaired) electrons. The molecule has 0 saturated carbocycles. The Bertz CT molecular complexity index is 678. The lowest BCUT2D eigenvalue weighted by molar-refractivity contribution is -0.133. The summed E-state index contributed by atoms with van der Waals surface area (Å²) in [4.78, 5) is 22.6. The van der Waals surface area contributed by atoms with Crippen molar-refractivity contribution in [3.63, 3.8) is 0 Å². The standard InChI is InChI=1S/C18H24N2O5/c1-12(2)24-19-13(3)14(4)20-25-17-10-8-7-9-15(17)16(11-22-5)18(21)23-6/h7-12H,1-6H3/b16-11-,19-13+,20-14+. The van der Waals surface area contributed by atoms with Gasteiger partial charge in [-0.25, -0.2) is 4.79 Å². The van der Waals surface area contributed by atoms with Crippen molar-refractivity contribution >= 4 is 23.0 Å². The average Bonchev–Trinajstić information content (AvgIpc) is 2.61. The van der Waals surface area contributed by atoms with E-state index in [1.165, 1.54) is 20.5 Å². The molecule has 0 saturated heterocycles. The number of nitrogens with zero attached hydrogens (tertiary/aromatic N) is 2. The van der Waals surface area contributed by atoms with Gasteiger partial charge in [-0.05, 0) is 33.8 Å². The zero-order valence-corrected chi connectivity index (χ0v) is 15.4. The maximum atomic E-state index is 12.0. The minimum atomic E-state index is -0.540. The van der Waals surface area contributed by atoms with Crippen molar-refractivity contribution in [2.45, 2.75) is 33.8 Å². The van der Waals surface area contributed by atoms with Crippen molar-refractivity contribution in [3.05, 3.63) is 36.1 Å². The van der Waals surface area contributed by atoms with E-state index in [0.717, 1.165) is 0 Å². The van der Waals surface area contributed by atoms with E-state index >= 15 is 0 Å². The lowest BCUT2D eigenvalue weighted by Gasteiger charge is -2.10. The zero-order valence-electron chi connectivity index (χ0n) is 15.4. The Morgan fingerprint density at radius 2 is 1.72 bits per heavy atom. The van der Waals surface area contributed by atoms with Crippen LogP contribution in [0.15, 0.2) is 40.8 Å². The first kappa shape index (κ1) is 20.2. The third-order valence-electron chi connectivity index (χ3n) is 3.02. The van der Waals surface area contributed by atoms with Gasteiger partial charge in [0.1, 0.15) is 23.1 Å². The molecule has 0 amide bonds. The van der Waals surface area contributed by atoms with Crippen LogP contribution in [0.1, 0.15) is 33.3 Å². The molecule has 0 spiro atoms. The summed E-state index contributed by atoms with van der Waals surface area (Å²) in [5.41, 5.74) is 1.86. The van der Waals surface area contributed by atoms with Crippen LogP contribution in [-0.2, 0) is 19.1 Å². The molecule has 0 aliphatic carbocycles. The maximum Gasteiger partial charge on any atom is 0.341 e. The molecule has 0 N–H and O–H groups in total. The van der Waals surface area contributed by atoms with Crippen LogP contribution in [0.5, 0.6) is 5.75 Å². The normalized spacial score (nSPS) is 12.8. The van der Waals surface area contributed by atoms with Crippen LogP contribution in [0, 0.1) is 0 Å². The van der Waals surface area contributed by atoms with Crippen LogP contribution < -0.4 is 4.84 Å². The SMILES string of the molecule is CO/C=C(\C(=O)OC)c1ccccc1O/N=C(C)/C(C)=N/OC(C)C. The van der Waals surface area contributed by atoms with E-state index in [2.05, 4.69) is 10.3 Å². The van der Waals surface area contributed by atoms with Crippen molar-refractivity contribution in [2.24, 2.45) is 10.3 Å². The number of hydrogen-bond acceptors (Lipinski definition) is 7. The molecule has 0 heterocycles. The Morgan fingerprint density at radius 1 is 1.08 bits per heavy atom. The summed E-state index contributed by atoms with van der Waals surface area (Å²) < 4.78 is 9.74. The molecule has 0 aliphatic rings. The number of oxime groups is 2. The average molecular weight is 348 g/mol. The van der Waals surface area contributed by atoms with Crippen molar-refractivity contribution in [2.75, 3.05) is 14.2 Å². The summed E-state index contributed by atoms with van der Waals surface area (Å²) in [6.45, 7) is 7.28. The Morgan fingerprint density at radius 3 is 2.32 bits per heavy atom. The first-order valence-corrected chi connectivity index (χ1v) is 7.73. The van der Waals surface area contributed by atoms with Gasteiger partial charge in [0, 0.05) is 5.56 Å². The molecule has 25 heavy (non-hydrogen) atoms. The summed E-state index contributed by atoms with van der Waals surface area (Å²) >= 11 is 0. The van der Waals surface area contributed by atoms with E-state index in [1.54, 1.807) is 38.1 Å². The summed E-state index contributed by atoms with van der Waals surface area (Å²) in [6, 6.07) is 6.95. The molecule has 1 aromatic rings. The molecule has 7 nitrogen and oxygen atoms in total. The highest BCUT2D eigenvalue weighted by Gasteiger charge is 2.18. The molecule has 0 unspecified atom stereocenters. The molecule has 1 rings (SSSR count). The van der Waals surface area contributed by atoms with Crippen LogP contribution in [0.2, 0.25) is 0 Å². The number of benzene rings is 1. The Kier molecular flexibility index (Phi) is 8.18. The van der Waals surface area contributed by atoms with Crippen LogP contribution in [0.25, 0.3) is 5.57 Å². The molecule has 0 aromatic heterocycles. The number of hydrogen-bond donors (Lipinski definition) is 0. The second-order valence-electron chi connectivity index (χ2n) is 5.35. The largest absolute Gasteiger partial charge is 0.503 e. The van der Waals surface area contributed by atoms with E-state index in [0.29, 0.717) is 22.7 Å². The molecular formula is C18H24N2O5. The van der Waals surface area contributed by atoms with Crippen LogP contribution >= 0.6 is 0 Å². The summed E-state index contributed by atoms with van der Waals surface area (Å²) in [6.07, 6.45) is 1.28. The quantitative estimate of drug-likeness (QED) is 0.236. The summed E-state index contributed by atoms with van der Waals surface area (Å²) in [5.74, 6) is -0.158. The van der Waals surface area contributed by atoms with E-state index in [4.69, 9.17) is 19.1 Å². The summed E-state index contributed by atoms with van der Waals surface area (Å²) in [7, 11) is 2.75. The fraction of sp³-hybridized carbons (Fsp3) is 0.389. The minimum absolute atomic E-state index is 0.0220. The fourth-order valence-corrected chi connectivity index (χ4v) is 1.65. The Labute approximate surface area is 147 Å². The number of para-hydroxylation sites is 1. The molecule has 0 fully saturated rings. The van der Waals surface area contributed by atoms with Gasteiger partial charge in [0.05, 0.1) is 20.5 Å². The van der Waals surface area contributed by atoms with Crippen molar-refractivity contribution in [1.82, 2.24) is 0 Å². The Hall–Kier alpha value is -2.83. The van der Waals surface area contributed by atoms with Gasteiger partial charge >= 0.3 is 5.97 Å². The van der Waals surface area contributed by atoms with E-state index < -0.39 is 5.97 Å². The topological polar surface area (TPSA) is 78.7 Å². The smallest absolute Gasteiger partial charge is 0.341 e.